The molecule has 0 atom stereocenters. The van der Waals surface area contributed by atoms with Gasteiger partial charge in [-0.05, 0) is 68.5 Å². The van der Waals surface area contributed by atoms with Crippen molar-refractivity contribution in [2.24, 2.45) is 0 Å². The molecule has 0 saturated carbocycles. The molecule has 48 heavy (non-hydrogen) atoms. The summed E-state index contributed by atoms with van der Waals surface area (Å²) in [6, 6.07) is 15.4. The van der Waals surface area contributed by atoms with Crippen molar-refractivity contribution in [3.63, 3.8) is 0 Å². The van der Waals surface area contributed by atoms with Crippen molar-refractivity contribution in [2.45, 2.75) is 38.6 Å². The molecule has 0 unspecified atom stereocenters. The van der Waals surface area contributed by atoms with Crippen molar-refractivity contribution < 1.29 is 28.3 Å². The van der Waals surface area contributed by atoms with Crippen LogP contribution >= 0.6 is 0 Å². The van der Waals surface area contributed by atoms with Gasteiger partial charge in [0.1, 0.15) is 29.5 Å². The Morgan fingerprint density at radius 3 is 2.35 bits per heavy atom. The Bertz CT molecular complexity index is 1660. The zero-order chi connectivity index (χ0) is 33.3. The summed E-state index contributed by atoms with van der Waals surface area (Å²) in [6.45, 7) is 4.74. The van der Waals surface area contributed by atoms with E-state index >= 15 is 0 Å². The third-order valence-corrected chi connectivity index (χ3v) is 8.92. The molecule has 1 saturated heterocycles. The maximum Gasteiger partial charge on any atom is 0.261 e. The number of nitrogens with zero attached hydrogens (tertiary/aromatic N) is 6. The van der Waals surface area contributed by atoms with Crippen LogP contribution < -0.4 is 14.4 Å². The van der Waals surface area contributed by atoms with Crippen LogP contribution in [0, 0.1) is 0 Å². The summed E-state index contributed by atoms with van der Waals surface area (Å²) in [6.07, 6.45) is 7.92. The van der Waals surface area contributed by atoms with E-state index in [0.717, 1.165) is 55.1 Å². The van der Waals surface area contributed by atoms with E-state index < -0.39 is 0 Å². The van der Waals surface area contributed by atoms with Crippen molar-refractivity contribution in [1.82, 2.24) is 24.5 Å². The van der Waals surface area contributed by atoms with Crippen LogP contribution in [0.5, 0.6) is 11.5 Å². The van der Waals surface area contributed by atoms with Gasteiger partial charge in [-0.25, -0.2) is 4.98 Å². The molecule has 12 heteroatoms. The number of ether oxygens (including phenoxy) is 3. The van der Waals surface area contributed by atoms with Gasteiger partial charge in [-0.15, -0.1) is 0 Å². The SMILES string of the molecule is COCC(=O)N1CCCCN(C(=O)c2c(N3CCCC3)noc2-c2ccc(OC)cc2)CCn2ccnc2-c2cccc(c2)OCCC1. The predicted octanol–water partition coefficient (Wildman–Crippen LogP) is 4.99. The number of carbonyl (C=O) groups excluding carboxylic acids is 2. The van der Waals surface area contributed by atoms with E-state index in [1.165, 1.54) is 7.11 Å². The summed E-state index contributed by atoms with van der Waals surface area (Å²) in [7, 11) is 3.15. The molecule has 2 amide bonds. The molecule has 0 spiro atoms. The van der Waals surface area contributed by atoms with Crippen molar-refractivity contribution in [2.75, 3.05) is 71.6 Å². The molecule has 2 aliphatic heterocycles. The molecular formula is C36H44N6O6. The van der Waals surface area contributed by atoms with Gasteiger partial charge in [-0.2, -0.15) is 0 Å². The molecule has 0 aliphatic carbocycles. The zero-order valence-electron chi connectivity index (χ0n) is 27.8. The summed E-state index contributed by atoms with van der Waals surface area (Å²) in [4.78, 5) is 38.1. The Morgan fingerprint density at radius 1 is 0.833 bits per heavy atom. The topological polar surface area (TPSA) is 115 Å². The van der Waals surface area contributed by atoms with Crippen molar-refractivity contribution in [3.8, 4) is 34.2 Å². The highest BCUT2D eigenvalue weighted by molar-refractivity contribution is 6.04. The number of amides is 2. The minimum absolute atomic E-state index is 0.0277. The van der Waals surface area contributed by atoms with Gasteiger partial charge in [0.05, 0.1) is 13.7 Å². The predicted molar refractivity (Wildman–Crippen MR) is 181 cm³/mol. The maximum atomic E-state index is 14.7. The lowest BCUT2D eigenvalue weighted by Crippen LogP contribution is -2.38. The first-order valence-electron chi connectivity index (χ1n) is 16.7. The van der Waals surface area contributed by atoms with Crippen molar-refractivity contribution in [1.29, 1.82) is 0 Å². The van der Waals surface area contributed by atoms with E-state index in [-0.39, 0.29) is 18.4 Å². The summed E-state index contributed by atoms with van der Waals surface area (Å²) < 4.78 is 24.6. The molecule has 2 aliphatic rings. The quantitative estimate of drug-likeness (QED) is 0.283. The van der Waals surface area contributed by atoms with Crippen LogP contribution in [0.3, 0.4) is 0 Å². The lowest BCUT2D eigenvalue weighted by Gasteiger charge is -2.26. The van der Waals surface area contributed by atoms with Crippen LogP contribution in [0.4, 0.5) is 5.82 Å². The second kappa shape index (κ2) is 15.8. The van der Waals surface area contributed by atoms with Crippen molar-refractivity contribution >= 4 is 17.6 Å². The molecule has 4 aromatic rings. The average molecular weight is 657 g/mol. The standard InChI is InChI=1S/C36H44N6O6/c1-45-26-31(43)39-16-3-6-19-42(23-22-41-21-15-37-34(41)28-9-7-10-30(25-28)47-24-8-20-39)36(44)32-33(27-11-13-29(46-2)14-12-27)48-38-35(32)40-17-4-5-18-40/h7,9-15,21,25H,3-6,8,16-20,22-24,26H2,1-2H3. The molecule has 0 radical (unpaired) electrons. The number of benzene rings is 2. The molecule has 2 bridgehead atoms. The van der Waals surface area contributed by atoms with E-state index in [1.54, 1.807) is 13.3 Å². The lowest BCUT2D eigenvalue weighted by molar-refractivity contribution is -0.135. The Hall–Kier alpha value is -4.84. The van der Waals surface area contributed by atoms with Crippen LogP contribution in [0.2, 0.25) is 0 Å². The van der Waals surface area contributed by atoms with Crippen LogP contribution in [0.15, 0.2) is 65.4 Å². The first kappa shape index (κ1) is 33.1. The molecule has 6 rings (SSSR count). The van der Waals surface area contributed by atoms with Gasteiger partial charge in [0, 0.05) is 76.4 Å². The maximum absolute atomic E-state index is 14.7. The molecule has 4 heterocycles. The number of anilines is 1. The molecule has 0 N–H and O–H groups in total. The Labute approximate surface area is 281 Å². The molecule has 1 fully saturated rings. The molecule has 2 aromatic carbocycles. The number of fused-ring (bicyclic) bond motifs is 4. The van der Waals surface area contributed by atoms with Crippen molar-refractivity contribution in [3.05, 3.63) is 66.5 Å². The highest BCUT2D eigenvalue weighted by Gasteiger charge is 2.32. The average Bonchev–Trinajstić information content (AvgIpc) is 3.90. The third kappa shape index (κ3) is 7.65. The summed E-state index contributed by atoms with van der Waals surface area (Å²) in [5.41, 5.74) is 2.16. The highest BCUT2D eigenvalue weighted by atomic mass is 16.5. The van der Waals surface area contributed by atoms with Gasteiger partial charge >= 0.3 is 0 Å². The van der Waals surface area contributed by atoms with Crippen LogP contribution in [0.1, 0.15) is 42.5 Å². The first-order valence-corrected chi connectivity index (χ1v) is 16.7. The van der Waals surface area contributed by atoms with Gasteiger partial charge in [0.25, 0.3) is 5.91 Å². The number of hydrogen-bond acceptors (Lipinski definition) is 9. The summed E-state index contributed by atoms with van der Waals surface area (Å²) >= 11 is 0. The fraction of sp³-hybridized carbons (Fsp3) is 0.444. The minimum atomic E-state index is -0.133. The highest BCUT2D eigenvalue weighted by Crippen LogP contribution is 2.35. The molecular weight excluding hydrogens is 612 g/mol. The fourth-order valence-electron chi connectivity index (χ4n) is 6.36. The van der Waals surface area contributed by atoms with Crippen LogP contribution in [-0.2, 0) is 16.1 Å². The largest absolute Gasteiger partial charge is 0.497 e. The minimum Gasteiger partial charge on any atom is -0.497 e. The van der Waals surface area contributed by atoms with Crippen LogP contribution in [0.25, 0.3) is 22.7 Å². The molecule has 12 nitrogen and oxygen atoms in total. The monoisotopic (exact) mass is 656 g/mol. The number of rotatable bonds is 6. The van der Waals surface area contributed by atoms with Gasteiger partial charge < -0.3 is 38.0 Å². The van der Waals surface area contributed by atoms with Crippen LogP contribution in [-0.4, -0.2) is 103 Å². The summed E-state index contributed by atoms with van der Waals surface area (Å²) in [5.74, 6) is 3.11. The summed E-state index contributed by atoms with van der Waals surface area (Å²) in [5, 5.41) is 4.46. The number of methoxy groups -OCH3 is 2. The van der Waals surface area contributed by atoms with E-state index in [2.05, 4.69) is 19.6 Å². The second-order valence-corrected chi connectivity index (χ2v) is 12.1. The van der Waals surface area contributed by atoms with E-state index in [1.807, 2.05) is 64.5 Å². The number of imidazole rings is 1. The normalized spacial score (nSPS) is 16.2. The fourth-order valence-corrected chi connectivity index (χ4v) is 6.36. The molecule has 254 valence electrons. The van der Waals surface area contributed by atoms with Gasteiger partial charge in [-0.1, -0.05) is 17.3 Å². The third-order valence-electron chi connectivity index (χ3n) is 8.92. The second-order valence-electron chi connectivity index (χ2n) is 12.1. The first-order chi connectivity index (χ1) is 23.6. The smallest absolute Gasteiger partial charge is 0.261 e. The Kier molecular flexibility index (Phi) is 10.9. The Balaban J connectivity index is 1.33. The molecule has 2 aromatic heterocycles. The number of carbonyl (C=O) groups is 2. The number of hydrogen-bond donors (Lipinski definition) is 0. The lowest BCUT2D eigenvalue weighted by atomic mass is 10.1. The number of aromatic nitrogens is 3. The Morgan fingerprint density at radius 2 is 1.58 bits per heavy atom. The van der Waals surface area contributed by atoms with E-state index in [4.69, 9.17) is 18.7 Å². The van der Waals surface area contributed by atoms with Gasteiger partial charge in [0.2, 0.25) is 5.91 Å². The zero-order valence-corrected chi connectivity index (χ0v) is 27.8. The van der Waals surface area contributed by atoms with Gasteiger partial charge in [0.15, 0.2) is 11.6 Å². The van der Waals surface area contributed by atoms with E-state index in [0.29, 0.717) is 75.1 Å². The van der Waals surface area contributed by atoms with E-state index in [9.17, 15) is 9.59 Å². The van der Waals surface area contributed by atoms with Gasteiger partial charge in [-0.3, -0.25) is 9.59 Å².